The predicted molar refractivity (Wildman–Crippen MR) is 85.8 cm³/mol. The van der Waals surface area contributed by atoms with Crippen molar-refractivity contribution in [2.45, 2.75) is 52.2 Å². The highest BCUT2D eigenvalue weighted by molar-refractivity contribution is 7.15. The van der Waals surface area contributed by atoms with Gasteiger partial charge in [0.15, 0.2) is 5.13 Å². The van der Waals surface area contributed by atoms with Gasteiger partial charge in [-0.2, -0.15) is 0 Å². The quantitative estimate of drug-likeness (QED) is 0.875. The van der Waals surface area contributed by atoms with Gasteiger partial charge in [0.2, 0.25) is 0 Å². The molecular formula is C15H27N3OS. The fourth-order valence-electron chi connectivity index (χ4n) is 2.67. The Morgan fingerprint density at radius 2 is 2.15 bits per heavy atom. The Kier molecular flexibility index (Phi) is 5.81. The first-order chi connectivity index (χ1) is 9.65. The second kappa shape index (κ2) is 7.38. The number of methoxy groups -OCH3 is 1. The van der Waals surface area contributed by atoms with E-state index in [4.69, 9.17) is 9.72 Å². The van der Waals surface area contributed by atoms with E-state index >= 15 is 0 Å². The number of ether oxygens (including phenoxy) is 1. The van der Waals surface area contributed by atoms with Crippen molar-refractivity contribution in [2.24, 2.45) is 0 Å². The van der Waals surface area contributed by atoms with E-state index in [2.05, 4.69) is 31.0 Å². The molecule has 1 aliphatic heterocycles. The van der Waals surface area contributed by atoms with Crippen LogP contribution in [0, 0.1) is 6.92 Å². The summed E-state index contributed by atoms with van der Waals surface area (Å²) in [4.78, 5) is 8.56. The van der Waals surface area contributed by atoms with Gasteiger partial charge in [-0.25, -0.2) is 4.98 Å². The van der Waals surface area contributed by atoms with E-state index in [-0.39, 0.29) is 0 Å². The zero-order chi connectivity index (χ0) is 14.5. The molecule has 20 heavy (non-hydrogen) atoms. The van der Waals surface area contributed by atoms with E-state index in [9.17, 15) is 0 Å². The number of rotatable bonds is 6. The summed E-state index contributed by atoms with van der Waals surface area (Å²) < 4.78 is 5.43. The molecule has 1 unspecified atom stereocenters. The Morgan fingerprint density at radius 1 is 1.45 bits per heavy atom. The van der Waals surface area contributed by atoms with Crippen LogP contribution in [0.1, 0.15) is 49.7 Å². The van der Waals surface area contributed by atoms with Crippen LogP contribution >= 0.6 is 11.3 Å². The molecule has 0 amide bonds. The second-order valence-corrected chi connectivity index (χ2v) is 6.55. The number of aromatic nitrogens is 1. The topological polar surface area (TPSA) is 37.4 Å². The van der Waals surface area contributed by atoms with Gasteiger partial charge in [0, 0.05) is 31.1 Å². The Morgan fingerprint density at radius 3 is 2.75 bits per heavy atom. The molecule has 0 aliphatic carbocycles. The molecule has 1 aromatic rings. The van der Waals surface area contributed by atoms with E-state index in [0.29, 0.717) is 12.1 Å². The molecule has 4 nitrogen and oxygen atoms in total. The number of piperidine rings is 1. The van der Waals surface area contributed by atoms with Crippen LogP contribution in [0.4, 0.5) is 5.13 Å². The highest BCUT2D eigenvalue weighted by Gasteiger charge is 2.23. The number of aryl methyl sites for hydroxylation is 1. The van der Waals surface area contributed by atoms with Gasteiger partial charge in [0.25, 0.3) is 0 Å². The van der Waals surface area contributed by atoms with Gasteiger partial charge in [-0.1, -0.05) is 6.92 Å². The molecule has 0 aromatic carbocycles. The summed E-state index contributed by atoms with van der Waals surface area (Å²) in [6.07, 6.45) is 3.80. The molecule has 1 saturated heterocycles. The molecule has 114 valence electrons. The highest BCUT2D eigenvalue weighted by atomic mass is 32.1. The van der Waals surface area contributed by atoms with Crippen molar-refractivity contribution >= 4 is 16.5 Å². The van der Waals surface area contributed by atoms with E-state index in [1.165, 1.54) is 22.1 Å². The third-order valence-corrected chi connectivity index (χ3v) is 5.36. The number of nitrogens with zero attached hydrogens (tertiary/aromatic N) is 2. The zero-order valence-electron chi connectivity index (χ0n) is 13.1. The van der Waals surface area contributed by atoms with Crippen molar-refractivity contribution in [2.75, 3.05) is 31.6 Å². The summed E-state index contributed by atoms with van der Waals surface area (Å²) in [5.41, 5.74) is 1.18. The van der Waals surface area contributed by atoms with Gasteiger partial charge in [0.05, 0.1) is 11.8 Å². The maximum atomic E-state index is 5.43. The lowest BCUT2D eigenvalue weighted by Crippen LogP contribution is -2.36. The summed E-state index contributed by atoms with van der Waals surface area (Å²) in [6.45, 7) is 9.74. The predicted octanol–water partition coefficient (Wildman–Crippen LogP) is 3.13. The number of anilines is 1. The minimum absolute atomic E-state index is 0.401. The average Bonchev–Trinajstić information content (AvgIpc) is 2.87. The monoisotopic (exact) mass is 297 g/mol. The van der Waals surface area contributed by atoms with Crippen LogP contribution in [-0.2, 0) is 4.74 Å². The Labute approximate surface area is 126 Å². The van der Waals surface area contributed by atoms with Gasteiger partial charge in [-0.05, 0) is 39.7 Å². The van der Waals surface area contributed by atoms with Crippen molar-refractivity contribution in [3.05, 3.63) is 10.6 Å². The van der Waals surface area contributed by atoms with Crippen molar-refractivity contribution in [3.8, 4) is 0 Å². The first kappa shape index (κ1) is 15.7. The van der Waals surface area contributed by atoms with Crippen molar-refractivity contribution in [1.29, 1.82) is 0 Å². The first-order valence-corrected chi connectivity index (χ1v) is 8.45. The van der Waals surface area contributed by atoms with Gasteiger partial charge in [-0.3, -0.25) is 0 Å². The van der Waals surface area contributed by atoms with Crippen LogP contribution in [0.3, 0.4) is 0 Å². The van der Waals surface area contributed by atoms with Crippen LogP contribution in [-0.4, -0.2) is 37.8 Å². The van der Waals surface area contributed by atoms with Crippen molar-refractivity contribution in [1.82, 2.24) is 10.3 Å². The van der Waals surface area contributed by atoms with E-state index in [1.54, 1.807) is 0 Å². The minimum Gasteiger partial charge on any atom is -0.381 e. The van der Waals surface area contributed by atoms with Crippen molar-refractivity contribution in [3.63, 3.8) is 0 Å². The maximum Gasteiger partial charge on any atom is 0.185 e. The van der Waals surface area contributed by atoms with Gasteiger partial charge in [-0.15, -0.1) is 11.3 Å². The van der Waals surface area contributed by atoms with Gasteiger partial charge in [0.1, 0.15) is 0 Å². The second-order valence-electron chi connectivity index (χ2n) is 5.54. The van der Waals surface area contributed by atoms with Gasteiger partial charge < -0.3 is 15.0 Å². The lowest BCUT2D eigenvalue weighted by molar-refractivity contribution is 0.0819. The number of nitrogens with one attached hydrogen (secondary N) is 1. The molecular weight excluding hydrogens is 270 g/mol. The highest BCUT2D eigenvalue weighted by Crippen LogP contribution is 2.32. The third-order valence-electron chi connectivity index (χ3n) is 3.96. The van der Waals surface area contributed by atoms with Crippen molar-refractivity contribution < 1.29 is 4.74 Å². The smallest absolute Gasteiger partial charge is 0.185 e. The van der Waals surface area contributed by atoms with Crippen LogP contribution in [0.5, 0.6) is 0 Å². The SMILES string of the molecule is CCCNC(C)c1sc(N2CCC(OC)CC2)nc1C. The largest absolute Gasteiger partial charge is 0.381 e. The molecule has 0 bridgehead atoms. The standard InChI is InChI=1S/C15H27N3OS/c1-5-8-16-11(2)14-12(3)17-15(20-14)18-9-6-13(19-4)7-10-18/h11,13,16H,5-10H2,1-4H3. The molecule has 5 heteroatoms. The molecule has 0 radical (unpaired) electrons. The number of thiazole rings is 1. The Hall–Kier alpha value is -0.650. The van der Waals surface area contributed by atoms with Crippen LogP contribution in [0.25, 0.3) is 0 Å². The average molecular weight is 297 g/mol. The summed E-state index contributed by atoms with van der Waals surface area (Å²) in [5, 5.41) is 4.73. The number of hydrogen-bond acceptors (Lipinski definition) is 5. The van der Waals surface area contributed by atoms with E-state index in [0.717, 1.165) is 32.5 Å². The molecule has 1 N–H and O–H groups in total. The molecule has 2 heterocycles. The molecule has 0 spiro atoms. The number of hydrogen-bond donors (Lipinski definition) is 1. The first-order valence-electron chi connectivity index (χ1n) is 7.64. The lowest BCUT2D eigenvalue weighted by atomic mass is 10.1. The summed E-state index contributed by atoms with van der Waals surface area (Å²) >= 11 is 1.84. The third kappa shape index (κ3) is 3.71. The molecule has 2 rings (SSSR count). The lowest BCUT2D eigenvalue weighted by Gasteiger charge is -2.30. The maximum absolute atomic E-state index is 5.43. The fraction of sp³-hybridized carbons (Fsp3) is 0.800. The fourth-order valence-corrected chi connectivity index (χ4v) is 3.81. The van der Waals surface area contributed by atoms with E-state index < -0.39 is 0 Å². The van der Waals surface area contributed by atoms with E-state index in [1.807, 2.05) is 18.4 Å². The van der Waals surface area contributed by atoms with Crippen LogP contribution in [0.2, 0.25) is 0 Å². The van der Waals surface area contributed by atoms with Crippen LogP contribution < -0.4 is 10.2 Å². The summed E-state index contributed by atoms with van der Waals surface area (Å²) in [5.74, 6) is 0. The molecule has 0 saturated carbocycles. The Balaban J connectivity index is 2.00. The Bertz CT molecular complexity index is 413. The molecule has 1 aromatic heterocycles. The minimum atomic E-state index is 0.401. The summed E-state index contributed by atoms with van der Waals surface area (Å²) in [7, 11) is 1.81. The zero-order valence-corrected chi connectivity index (χ0v) is 13.9. The normalized spacial score (nSPS) is 18.5. The summed E-state index contributed by atoms with van der Waals surface area (Å²) in [6, 6.07) is 0.401. The van der Waals surface area contributed by atoms with Gasteiger partial charge >= 0.3 is 0 Å². The molecule has 1 aliphatic rings. The van der Waals surface area contributed by atoms with Crippen LogP contribution in [0.15, 0.2) is 0 Å². The molecule has 1 fully saturated rings. The molecule has 1 atom stereocenters.